The topological polar surface area (TPSA) is 124 Å². The molecule has 5 fully saturated rings. The van der Waals surface area contributed by atoms with Crippen molar-refractivity contribution >= 4 is 35.2 Å². The number of amides is 1. The maximum Gasteiger partial charge on any atom is 0.309 e. The molecule has 6 aliphatic rings. The molecule has 0 heterocycles. The van der Waals surface area contributed by atoms with E-state index in [1.165, 1.54) is 5.57 Å². The number of hydrogen-bond donors (Lipinski definition) is 2. The van der Waals surface area contributed by atoms with Crippen molar-refractivity contribution in [3.05, 3.63) is 46.0 Å². The van der Waals surface area contributed by atoms with Crippen LogP contribution in [0.2, 0.25) is 5.02 Å². The zero-order valence-electron chi connectivity index (χ0n) is 40.0. The monoisotopic (exact) mass is 877 g/mol. The highest BCUT2D eigenvalue weighted by atomic mass is 35.5. The predicted molar refractivity (Wildman–Crippen MR) is 243 cm³/mol. The fourth-order valence-electron chi connectivity index (χ4n) is 16.1. The number of likely N-dealkylation sites (N-methyl/N-ethyl adjacent to an activating group) is 1. The van der Waals surface area contributed by atoms with Crippen molar-refractivity contribution in [1.82, 2.24) is 9.80 Å². The summed E-state index contributed by atoms with van der Waals surface area (Å²) in [6.07, 6.45) is 7.82. The molecule has 0 radical (unpaired) electrons. The lowest BCUT2D eigenvalue weighted by Gasteiger charge is -2.76. The van der Waals surface area contributed by atoms with Crippen LogP contribution in [0.1, 0.15) is 150 Å². The van der Waals surface area contributed by atoms with Crippen LogP contribution < -0.4 is 0 Å². The molecule has 9 nitrogen and oxygen atoms in total. The van der Waals surface area contributed by atoms with Gasteiger partial charge in [-0.05, 0) is 147 Å². The number of aliphatic hydroxyl groups excluding tert-OH is 1. The van der Waals surface area contributed by atoms with E-state index in [4.69, 9.17) is 16.3 Å². The number of carbonyl (C=O) groups is 4. The molecular formula is C52H77ClN2O7. The number of ketones is 1. The highest BCUT2D eigenvalue weighted by Crippen LogP contribution is 2.80. The van der Waals surface area contributed by atoms with Gasteiger partial charge in [0.1, 0.15) is 6.10 Å². The van der Waals surface area contributed by atoms with Crippen LogP contribution in [0.25, 0.3) is 0 Å². The van der Waals surface area contributed by atoms with Gasteiger partial charge < -0.3 is 24.7 Å². The van der Waals surface area contributed by atoms with Gasteiger partial charge in [0.05, 0.1) is 17.9 Å². The normalized spacial score (nSPS) is 38.6. The van der Waals surface area contributed by atoms with Gasteiger partial charge in [0.15, 0.2) is 5.78 Å². The van der Waals surface area contributed by atoms with Crippen molar-refractivity contribution in [2.24, 2.45) is 67.5 Å². The summed E-state index contributed by atoms with van der Waals surface area (Å²) in [5.41, 5.74) is 0.663. The molecule has 62 heavy (non-hydrogen) atoms. The summed E-state index contributed by atoms with van der Waals surface area (Å²) in [4.78, 5) is 58.2. The zero-order chi connectivity index (χ0) is 45.7. The molecule has 0 spiro atoms. The first-order valence-corrected chi connectivity index (χ1v) is 24.3. The average molecular weight is 878 g/mol. The summed E-state index contributed by atoms with van der Waals surface area (Å²) in [5.74, 6) is -1.47. The number of halogens is 1. The van der Waals surface area contributed by atoms with Gasteiger partial charge in [-0.25, -0.2) is 0 Å². The molecule has 0 bridgehead atoms. The quantitative estimate of drug-likeness (QED) is 0.199. The SMILES string of the molecule is CC[C@@]12CC[C@]3(C)[C@H](CC[C@@H]4C5=C(C(C)C)C(=O)C[C@]5([C@@H](O)CN(CCN(C)C)C(=O)c5cccc(Cl)c5)CC[C@]43C)[C@@]1(C)CC[C@H](OC(=O)[C@H]1C[C@@H](C(=O)O)C1(C)C)C2(C)C. The molecular weight excluding hydrogens is 800 g/mol. The Hall–Kier alpha value is -2.75. The molecule has 2 N–H and O–H groups in total. The molecule has 7 rings (SSSR count). The van der Waals surface area contributed by atoms with Crippen LogP contribution in [0, 0.1) is 67.5 Å². The Kier molecular flexibility index (Phi) is 12.2. The summed E-state index contributed by atoms with van der Waals surface area (Å²) in [7, 11) is 3.96. The number of esters is 1. The lowest BCUT2D eigenvalue weighted by molar-refractivity contribution is -0.280. The van der Waals surface area contributed by atoms with E-state index >= 15 is 0 Å². The fourth-order valence-corrected chi connectivity index (χ4v) is 16.3. The Morgan fingerprint density at radius 2 is 1.56 bits per heavy atom. The Balaban J connectivity index is 1.20. The number of carbonyl (C=O) groups excluding carboxylic acids is 3. The van der Waals surface area contributed by atoms with Crippen LogP contribution in [0.4, 0.5) is 0 Å². The summed E-state index contributed by atoms with van der Waals surface area (Å²) in [6.45, 7) is 23.9. The molecule has 6 aliphatic carbocycles. The second-order valence-corrected chi connectivity index (χ2v) is 23.8. The van der Waals surface area contributed by atoms with E-state index < -0.39 is 34.7 Å². The number of rotatable bonds is 12. The van der Waals surface area contributed by atoms with E-state index in [-0.39, 0.29) is 75.6 Å². The minimum atomic E-state index is -0.908. The van der Waals surface area contributed by atoms with Crippen LogP contribution in [0.15, 0.2) is 35.4 Å². The van der Waals surface area contributed by atoms with Crippen molar-refractivity contribution in [3.63, 3.8) is 0 Å². The molecule has 1 aromatic carbocycles. The third-order valence-electron chi connectivity index (χ3n) is 20.0. The minimum absolute atomic E-state index is 0.0216. The summed E-state index contributed by atoms with van der Waals surface area (Å²) < 4.78 is 6.56. The molecule has 11 atom stereocenters. The second-order valence-electron chi connectivity index (χ2n) is 23.4. The number of nitrogens with zero attached hydrogens (tertiary/aromatic N) is 2. The smallest absolute Gasteiger partial charge is 0.309 e. The fraction of sp³-hybridized carbons (Fsp3) is 0.769. The van der Waals surface area contributed by atoms with Crippen molar-refractivity contribution in [2.75, 3.05) is 33.7 Å². The molecule has 0 aliphatic heterocycles. The first kappa shape index (κ1) is 47.2. The largest absolute Gasteiger partial charge is 0.481 e. The van der Waals surface area contributed by atoms with Crippen LogP contribution >= 0.6 is 11.6 Å². The van der Waals surface area contributed by atoms with E-state index in [9.17, 15) is 29.4 Å². The van der Waals surface area contributed by atoms with Gasteiger partial charge in [-0.15, -0.1) is 0 Å². The molecule has 344 valence electrons. The number of benzene rings is 1. The van der Waals surface area contributed by atoms with E-state index in [0.29, 0.717) is 42.4 Å². The van der Waals surface area contributed by atoms with Gasteiger partial charge in [0, 0.05) is 47.5 Å². The molecule has 10 heteroatoms. The molecule has 5 saturated carbocycles. The minimum Gasteiger partial charge on any atom is -0.481 e. The van der Waals surface area contributed by atoms with Gasteiger partial charge in [-0.2, -0.15) is 0 Å². The summed E-state index contributed by atoms with van der Waals surface area (Å²) in [5, 5.41) is 23.0. The van der Waals surface area contributed by atoms with Crippen LogP contribution in [0.3, 0.4) is 0 Å². The van der Waals surface area contributed by atoms with Gasteiger partial charge in [-0.3, -0.25) is 19.2 Å². The molecule has 0 saturated heterocycles. The van der Waals surface area contributed by atoms with E-state index in [1.807, 2.05) is 32.8 Å². The Bertz CT molecular complexity index is 2010. The zero-order valence-corrected chi connectivity index (χ0v) is 40.7. The maximum atomic E-state index is 14.4. The highest BCUT2D eigenvalue weighted by molar-refractivity contribution is 6.31. The lowest BCUT2D eigenvalue weighted by atomic mass is 9.29. The highest BCUT2D eigenvalue weighted by Gasteiger charge is 2.74. The van der Waals surface area contributed by atoms with Crippen molar-refractivity contribution in [1.29, 1.82) is 0 Å². The molecule has 0 aromatic heterocycles. The number of Topliss-reactive ketones (excluding diaryl/α,β-unsaturated/α-hetero) is 1. The van der Waals surface area contributed by atoms with E-state index in [1.54, 1.807) is 29.2 Å². The van der Waals surface area contributed by atoms with Crippen molar-refractivity contribution in [3.8, 4) is 0 Å². The third-order valence-corrected chi connectivity index (χ3v) is 20.3. The average Bonchev–Trinajstić information content (AvgIpc) is 3.50. The lowest BCUT2D eigenvalue weighted by Crippen LogP contribution is -2.70. The second kappa shape index (κ2) is 16.0. The predicted octanol–water partition coefficient (Wildman–Crippen LogP) is 10.1. The number of hydrogen-bond acceptors (Lipinski definition) is 7. The third kappa shape index (κ3) is 6.71. The summed E-state index contributed by atoms with van der Waals surface area (Å²) in [6, 6.07) is 7.01. The Morgan fingerprint density at radius 1 is 0.887 bits per heavy atom. The number of aliphatic carboxylic acids is 1. The number of fused-ring (bicyclic) bond motifs is 7. The number of ether oxygens (including phenoxy) is 1. The van der Waals surface area contributed by atoms with Crippen LogP contribution in [0.5, 0.6) is 0 Å². The Labute approximate surface area is 377 Å². The molecule has 1 amide bonds. The Morgan fingerprint density at radius 3 is 2.16 bits per heavy atom. The number of allylic oxidation sites excluding steroid dienone is 1. The number of carboxylic acid groups (broad SMARTS) is 1. The van der Waals surface area contributed by atoms with Crippen molar-refractivity contribution in [2.45, 2.75) is 152 Å². The van der Waals surface area contributed by atoms with Gasteiger partial charge in [-0.1, -0.05) is 92.5 Å². The van der Waals surface area contributed by atoms with Gasteiger partial charge in [0.2, 0.25) is 0 Å². The van der Waals surface area contributed by atoms with E-state index in [2.05, 4.69) is 55.4 Å². The molecule has 0 unspecified atom stereocenters. The standard InChI is InChI=1S/C52H77ClN2O7/c1-13-52-24-22-49(9)38(50(52,10)20-19-40(47(52,6)7)62-45(61)36-28-35(44(59)60)46(36,4)5)18-17-34-42-41(31(2)3)37(56)29-51(42,23-21-48(34,49)8)39(57)30-55(26-25-54(11)12)43(58)32-15-14-16-33(53)27-32/h14-16,27,31,34-36,38-40,57H,13,17-26,28-30H2,1-12H3,(H,59,60)/t34-,35+,36-,38+,39+,40+,48-,49-,50-,51+,52+/m1/s1. The maximum absolute atomic E-state index is 14.4. The number of carboxylic acids is 1. The first-order valence-electron chi connectivity index (χ1n) is 23.9. The van der Waals surface area contributed by atoms with Gasteiger partial charge in [0.25, 0.3) is 5.91 Å². The first-order chi connectivity index (χ1) is 28.8. The number of aliphatic hydroxyl groups is 1. The van der Waals surface area contributed by atoms with Crippen molar-refractivity contribution < 1.29 is 34.1 Å². The van der Waals surface area contributed by atoms with Crippen LogP contribution in [-0.2, 0) is 19.1 Å². The van der Waals surface area contributed by atoms with Gasteiger partial charge >= 0.3 is 11.9 Å². The summed E-state index contributed by atoms with van der Waals surface area (Å²) >= 11 is 6.35. The van der Waals surface area contributed by atoms with E-state index in [0.717, 1.165) is 56.9 Å². The van der Waals surface area contributed by atoms with Crippen LogP contribution in [-0.4, -0.2) is 89.6 Å². The molecule has 1 aromatic rings.